The SMILES string of the molecule is Oc1ccc(C2Nc3ccccc3-c3ccnc4[nH]cc2c34)cc1C(F)(F)F. The Morgan fingerprint density at radius 2 is 1.82 bits per heavy atom. The second kappa shape index (κ2) is 5.76. The van der Waals surface area contributed by atoms with Crippen LogP contribution in [0.5, 0.6) is 5.75 Å². The summed E-state index contributed by atoms with van der Waals surface area (Å²) in [6.45, 7) is 0. The van der Waals surface area contributed by atoms with Crippen molar-refractivity contribution < 1.29 is 18.3 Å². The van der Waals surface area contributed by atoms with E-state index in [1.54, 1.807) is 12.4 Å². The van der Waals surface area contributed by atoms with E-state index in [2.05, 4.69) is 15.3 Å². The van der Waals surface area contributed by atoms with Crippen LogP contribution in [0.3, 0.4) is 0 Å². The molecule has 0 spiro atoms. The van der Waals surface area contributed by atoms with Gasteiger partial charge < -0.3 is 15.4 Å². The van der Waals surface area contributed by atoms with Gasteiger partial charge in [0.05, 0.1) is 11.6 Å². The Balaban J connectivity index is 1.78. The Labute approximate surface area is 157 Å². The predicted octanol–water partition coefficient (Wildman–Crippen LogP) is 5.47. The zero-order valence-electron chi connectivity index (χ0n) is 14.4. The number of aromatic nitrogens is 2. The molecule has 4 aromatic rings. The lowest BCUT2D eigenvalue weighted by Gasteiger charge is -2.21. The first kappa shape index (κ1) is 16.7. The Morgan fingerprint density at radius 3 is 2.64 bits per heavy atom. The highest BCUT2D eigenvalue weighted by atomic mass is 19.4. The predicted molar refractivity (Wildman–Crippen MR) is 100 cm³/mol. The van der Waals surface area contributed by atoms with Gasteiger partial charge in [0.15, 0.2) is 0 Å². The molecular formula is C21H14F3N3O. The fraction of sp³-hybridized carbons (Fsp3) is 0.0952. The Morgan fingerprint density at radius 1 is 1.00 bits per heavy atom. The highest BCUT2D eigenvalue weighted by Gasteiger charge is 2.35. The summed E-state index contributed by atoms with van der Waals surface area (Å²) < 4.78 is 40.0. The molecule has 0 fully saturated rings. The molecule has 1 aliphatic rings. The molecule has 0 aliphatic carbocycles. The molecule has 5 rings (SSSR count). The van der Waals surface area contributed by atoms with Gasteiger partial charge in [0, 0.05) is 34.6 Å². The number of rotatable bonds is 1. The van der Waals surface area contributed by atoms with Crippen molar-refractivity contribution in [3.8, 4) is 16.9 Å². The molecule has 140 valence electrons. The lowest BCUT2D eigenvalue weighted by atomic mass is 9.95. The molecule has 7 heteroatoms. The molecule has 4 nitrogen and oxygen atoms in total. The van der Waals surface area contributed by atoms with Crippen molar-refractivity contribution in [2.45, 2.75) is 12.2 Å². The summed E-state index contributed by atoms with van der Waals surface area (Å²) in [5, 5.41) is 13.9. The van der Waals surface area contributed by atoms with E-state index >= 15 is 0 Å². The van der Waals surface area contributed by atoms with Gasteiger partial charge in [-0.3, -0.25) is 0 Å². The first-order valence-electron chi connectivity index (χ1n) is 8.65. The van der Waals surface area contributed by atoms with E-state index in [1.165, 1.54) is 6.07 Å². The molecule has 1 unspecified atom stereocenters. The number of fused-ring (bicyclic) bond motifs is 2. The van der Waals surface area contributed by atoms with E-state index < -0.39 is 23.5 Å². The number of para-hydroxylation sites is 1. The summed E-state index contributed by atoms with van der Waals surface area (Å²) in [7, 11) is 0. The van der Waals surface area contributed by atoms with Gasteiger partial charge in [-0.15, -0.1) is 0 Å². The topological polar surface area (TPSA) is 60.9 Å². The van der Waals surface area contributed by atoms with Crippen molar-refractivity contribution in [1.29, 1.82) is 0 Å². The minimum absolute atomic E-state index is 0.400. The van der Waals surface area contributed by atoms with Gasteiger partial charge in [-0.05, 0) is 35.4 Å². The number of hydrogen-bond donors (Lipinski definition) is 3. The molecule has 1 aliphatic heterocycles. The third-order valence-electron chi connectivity index (χ3n) is 5.09. The number of anilines is 1. The van der Waals surface area contributed by atoms with E-state index in [0.717, 1.165) is 39.9 Å². The molecule has 28 heavy (non-hydrogen) atoms. The number of nitrogens with zero attached hydrogens (tertiary/aromatic N) is 1. The van der Waals surface area contributed by atoms with Crippen LogP contribution in [0.1, 0.15) is 22.7 Å². The number of H-pyrrole nitrogens is 1. The molecule has 0 saturated carbocycles. The first-order chi connectivity index (χ1) is 13.4. The number of aromatic amines is 1. The Hall–Kier alpha value is -3.48. The normalized spacial score (nSPS) is 15.8. The molecule has 3 N–H and O–H groups in total. The number of phenols is 1. The fourth-order valence-electron chi connectivity index (χ4n) is 3.83. The second-order valence-electron chi connectivity index (χ2n) is 6.72. The van der Waals surface area contributed by atoms with E-state index in [0.29, 0.717) is 11.2 Å². The number of alkyl halides is 3. The lowest BCUT2D eigenvalue weighted by molar-refractivity contribution is -0.138. The van der Waals surface area contributed by atoms with Crippen LogP contribution in [-0.4, -0.2) is 15.1 Å². The van der Waals surface area contributed by atoms with Crippen LogP contribution in [0.4, 0.5) is 18.9 Å². The largest absolute Gasteiger partial charge is 0.507 e. The lowest BCUT2D eigenvalue weighted by Crippen LogP contribution is -2.13. The maximum absolute atomic E-state index is 13.3. The molecule has 0 bridgehead atoms. The van der Waals surface area contributed by atoms with Crippen molar-refractivity contribution in [3.63, 3.8) is 0 Å². The van der Waals surface area contributed by atoms with Gasteiger partial charge in [-0.1, -0.05) is 24.3 Å². The number of pyridine rings is 1. The van der Waals surface area contributed by atoms with Gasteiger partial charge in [-0.2, -0.15) is 13.2 Å². The average Bonchev–Trinajstić information content (AvgIpc) is 3.04. The van der Waals surface area contributed by atoms with Crippen LogP contribution in [0.25, 0.3) is 22.2 Å². The summed E-state index contributed by atoms with van der Waals surface area (Å²) in [4.78, 5) is 7.47. The molecule has 1 atom stereocenters. The van der Waals surface area contributed by atoms with Crippen molar-refractivity contribution in [2.24, 2.45) is 0 Å². The maximum Gasteiger partial charge on any atom is 0.419 e. The molecule has 2 aromatic carbocycles. The van der Waals surface area contributed by atoms with Crippen LogP contribution < -0.4 is 5.32 Å². The molecule has 0 amide bonds. The fourth-order valence-corrected chi connectivity index (χ4v) is 3.83. The molecule has 0 radical (unpaired) electrons. The number of halogens is 3. The van der Waals surface area contributed by atoms with E-state index in [4.69, 9.17) is 0 Å². The van der Waals surface area contributed by atoms with Crippen LogP contribution in [0, 0.1) is 0 Å². The van der Waals surface area contributed by atoms with Crippen molar-refractivity contribution in [3.05, 3.63) is 77.6 Å². The number of benzene rings is 2. The quantitative estimate of drug-likeness (QED) is 0.410. The number of phenolic OH excluding ortho intramolecular Hbond substituents is 1. The monoisotopic (exact) mass is 381 g/mol. The van der Waals surface area contributed by atoms with E-state index in [9.17, 15) is 18.3 Å². The third-order valence-corrected chi connectivity index (χ3v) is 5.09. The zero-order chi connectivity index (χ0) is 19.5. The number of hydrogen-bond acceptors (Lipinski definition) is 3. The molecule has 3 heterocycles. The van der Waals surface area contributed by atoms with Crippen LogP contribution >= 0.6 is 0 Å². The molecule has 0 saturated heterocycles. The van der Waals surface area contributed by atoms with Gasteiger partial charge in [-0.25, -0.2) is 4.98 Å². The van der Waals surface area contributed by atoms with Gasteiger partial charge in [0.1, 0.15) is 11.4 Å². The Kier molecular flexibility index (Phi) is 3.43. The van der Waals surface area contributed by atoms with Gasteiger partial charge >= 0.3 is 6.18 Å². The second-order valence-corrected chi connectivity index (χ2v) is 6.72. The number of aromatic hydroxyl groups is 1. The summed E-state index contributed by atoms with van der Waals surface area (Å²) in [5.74, 6) is -0.786. The van der Waals surface area contributed by atoms with Crippen molar-refractivity contribution in [1.82, 2.24) is 9.97 Å². The van der Waals surface area contributed by atoms with Crippen molar-refractivity contribution in [2.75, 3.05) is 5.32 Å². The smallest absolute Gasteiger partial charge is 0.419 e. The third kappa shape index (κ3) is 2.43. The number of nitrogens with one attached hydrogen (secondary N) is 2. The van der Waals surface area contributed by atoms with E-state index in [1.807, 2.05) is 30.3 Å². The minimum atomic E-state index is -4.64. The Bertz CT molecular complexity index is 1210. The maximum atomic E-state index is 13.3. The van der Waals surface area contributed by atoms with Gasteiger partial charge in [0.2, 0.25) is 0 Å². The summed E-state index contributed by atoms with van der Waals surface area (Å²) in [6.07, 6.45) is -1.17. The van der Waals surface area contributed by atoms with Crippen LogP contribution in [0.2, 0.25) is 0 Å². The first-order valence-corrected chi connectivity index (χ1v) is 8.65. The summed E-state index contributed by atoms with van der Waals surface area (Å²) >= 11 is 0. The molecule has 2 aromatic heterocycles. The van der Waals surface area contributed by atoms with Gasteiger partial charge in [0.25, 0.3) is 0 Å². The molecular weight excluding hydrogens is 367 g/mol. The highest BCUT2D eigenvalue weighted by molar-refractivity contribution is 6.01. The summed E-state index contributed by atoms with van der Waals surface area (Å²) in [5.41, 5.74) is 3.55. The average molecular weight is 381 g/mol. The summed E-state index contributed by atoms with van der Waals surface area (Å²) in [6, 6.07) is 12.6. The van der Waals surface area contributed by atoms with Crippen LogP contribution in [0.15, 0.2) is 60.9 Å². The zero-order valence-corrected chi connectivity index (χ0v) is 14.4. The van der Waals surface area contributed by atoms with Crippen molar-refractivity contribution >= 4 is 16.7 Å². The highest BCUT2D eigenvalue weighted by Crippen LogP contribution is 2.45. The minimum Gasteiger partial charge on any atom is -0.507 e. The van der Waals surface area contributed by atoms with Crippen LogP contribution in [-0.2, 0) is 6.18 Å². The standard InChI is InChI=1S/C21H14F3N3O/c22-21(23,24)15-9-11(5-6-17(15)28)19-14-10-26-20-18(14)13(7-8-25-20)12-3-1-2-4-16(12)27-19/h1-10,19,27-28H,(H,25,26). The van der Waals surface area contributed by atoms with E-state index in [-0.39, 0.29) is 0 Å².